The number of rotatable bonds is 23. The number of likely N-dealkylation sites (tertiary alicyclic amines) is 1. The van der Waals surface area contributed by atoms with Gasteiger partial charge in [-0.1, -0.05) is 103 Å². The minimum Gasteiger partial charge on any atom is -0.322 e. The number of phosphoric acid groups is 1. The molecule has 1 rings (SSSR count). The number of phosphoric ester groups is 1. The molecule has 1 saturated heterocycles. The number of quaternary nitrogens is 1. The van der Waals surface area contributed by atoms with Crippen LogP contribution in [0, 0.1) is 0 Å². The Morgan fingerprint density at radius 1 is 0.636 bits per heavy atom. The molecule has 1 fully saturated rings. The van der Waals surface area contributed by atoms with Crippen LogP contribution in [0.3, 0.4) is 0 Å². The van der Waals surface area contributed by atoms with E-state index >= 15 is 0 Å². The highest BCUT2D eigenvalue weighted by Gasteiger charge is 2.29. The smallest absolute Gasteiger partial charge is 0.322 e. The molecule has 1 N–H and O–H groups in total. The lowest BCUT2D eigenvalue weighted by Crippen LogP contribution is -2.52. The van der Waals surface area contributed by atoms with Gasteiger partial charge in [0.15, 0.2) is 0 Å². The highest BCUT2D eigenvalue weighted by atomic mass is 31.2. The molecular weight excluding hydrogens is 433 g/mol. The van der Waals surface area contributed by atoms with Crippen LogP contribution >= 0.6 is 7.82 Å². The van der Waals surface area contributed by atoms with E-state index in [-0.39, 0.29) is 0 Å². The Balaban J connectivity index is 1.86. The molecule has 0 bridgehead atoms. The standard InChI is InChI=1S/C27H56NO4P/c1-3-5-6-7-8-9-10-11-12-13-14-15-16-17-18-22-26-31-33(29,30)32-27-25-28(4-2)23-20-19-21-24-28/h3-27H2,1-2H3/p+1. The molecule has 1 aliphatic heterocycles. The van der Waals surface area contributed by atoms with Crippen molar-refractivity contribution >= 4 is 7.82 Å². The fraction of sp³-hybridized carbons (Fsp3) is 1.00. The number of nitrogens with zero attached hydrogens (tertiary/aromatic N) is 1. The van der Waals surface area contributed by atoms with Crippen molar-refractivity contribution in [2.45, 2.75) is 136 Å². The van der Waals surface area contributed by atoms with Gasteiger partial charge in [0.2, 0.25) is 0 Å². The Morgan fingerprint density at radius 3 is 1.52 bits per heavy atom. The van der Waals surface area contributed by atoms with Crippen molar-refractivity contribution in [3.8, 4) is 0 Å². The van der Waals surface area contributed by atoms with Crippen LogP contribution in [0.25, 0.3) is 0 Å². The van der Waals surface area contributed by atoms with Gasteiger partial charge in [0.05, 0.1) is 26.2 Å². The Morgan fingerprint density at radius 2 is 1.06 bits per heavy atom. The van der Waals surface area contributed by atoms with Crippen LogP contribution in [-0.2, 0) is 13.6 Å². The Bertz CT molecular complexity index is 483. The van der Waals surface area contributed by atoms with Gasteiger partial charge in [-0.2, -0.15) is 0 Å². The quantitative estimate of drug-likeness (QED) is 0.0887. The molecule has 0 aromatic heterocycles. The van der Waals surface area contributed by atoms with Crippen LogP contribution in [0.5, 0.6) is 0 Å². The van der Waals surface area contributed by atoms with Crippen LogP contribution in [0.4, 0.5) is 0 Å². The molecule has 1 atom stereocenters. The summed E-state index contributed by atoms with van der Waals surface area (Å²) in [5, 5.41) is 0. The van der Waals surface area contributed by atoms with Crippen molar-refractivity contribution in [3.63, 3.8) is 0 Å². The molecule has 5 nitrogen and oxygen atoms in total. The zero-order valence-electron chi connectivity index (χ0n) is 22.2. The maximum Gasteiger partial charge on any atom is 0.472 e. The van der Waals surface area contributed by atoms with Gasteiger partial charge in [0.25, 0.3) is 0 Å². The van der Waals surface area contributed by atoms with E-state index in [9.17, 15) is 9.46 Å². The van der Waals surface area contributed by atoms with Crippen LogP contribution in [0.2, 0.25) is 0 Å². The van der Waals surface area contributed by atoms with Crippen molar-refractivity contribution < 1.29 is 23.0 Å². The topological polar surface area (TPSA) is 55.8 Å². The summed E-state index contributed by atoms with van der Waals surface area (Å²) in [4.78, 5) is 9.93. The highest BCUT2D eigenvalue weighted by Crippen LogP contribution is 2.43. The zero-order valence-corrected chi connectivity index (χ0v) is 23.1. The second-order valence-electron chi connectivity index (χ2n) is 10.3. The van der Waals surface area contributed by atoms with E-state index in [4.69, 9.17) is 9.05 Å². The number of likely N-dealkylation sites (N-methyl/N-ethyl adjacent to an activating group) is 1. The first kappa shape index (κ1) is 31.1. The predicted molar refractivity (Wildman–Crippen MR) is 141 cm³/mol. The van der Waals surface area contributed by atoms with Crippen molar-refractivity contribution in [3.05, 3.63) is 0 Å². The van der Waals surface area contributed by atoms with Crippen molar-refractivity contribution in [1.29, 1.82) is 0 Å². The Kier molecular flexibility index (Phi) is 19.1. The maximum atomic E-state index is 12.1. The first-order chi connectivity index (χ1) is 16.0. The third kappa shape index (κ3) is 17.2. The predicted octanol–water partition coefficient (Wildman–Crippen LogP) is 8.40. The summed E-state index contributed by atoms with van der Waals surface area (Å²) in [7, 11) is -3.90. The van der Waals surface area contributed by atoms with Gasteiger partial charge >= 0.3 is 7.82 Å². The Hall–Kier alpha value is 0.0700. The number of unbranched alkanes of at least 4 members (excludes halogenated alkanes) is 15. The summed E-state index contributed by atoms with van der Waals surface area (Å²) >= 11 is 0. The second-order valence-corrected chi connectivity index (χ2v) is 11.8. The number of hydrogen-bond donors (Lipinski definition) is 1. The van der Waals surface area contributed by atoms with Crippen molar-refractivity contribution in [2.24, 2.45) is 0 Å². The van der Waals surface area contributed by atoms with Gasteiger partial charge < -0.3 is 9.38 Å². The molecule has 0 spiro atoms. The van der Waals surface area contributed by atoms with Crippen LogP contribution in [0.1, 0.15) is 136 Å². The summed E-state index contributed by atoms with van der Waals surface area (Å²) < 4.78 is 23.6. The summed E-state index contributed by atoms with van der Waals surface area (Å²) in [5.74, 6) is 0. The van der Waals surface area contributed by atoms with Crippen LogP contribution in [0.15, 0.2) is 0 Å². The van der Waals surface area contributed by atoms with Gasteiger partial charge in [0.1, 0.15) is 13.2 Å². The summed E-state index contributed by atoms with van der Waals surface area (Å²) in [5.41, 5.74) is 0. The zero-order chi connectivity index (χ0) is 24.1. The molecule has 1 heterocycles. The average molecular weight is 491 g/mol. The third-order valence-electron chi connectivity index (χ3n) is 7.51. The summed E-state index contributed by atoms with van der Waals surface area (Å²) in [6.45, 7) is 9.31. The second kappa shape index (κ2) is 20.3. The van der Waals surface area contributed by atoms with Crippen LogP contribution in [-0.4, -0.2) is 48.8 Å². The lowest BCUT2D eigenvalue weighted by atomic mass is 10.0. The van der Waals surface area contributed by atoms with E-state index in [1.54, 1.807) is 0 Å². The number of piperidine rings is 1. The first-order valence-corrected chi connectivity index (χ1v) is 16.0. The lowest BCUT2D eigenvalue weighted by molar-refractivity contribution is -0.930. The monoisotopic (exact) mass is 490 g/mol. The number of hydrogen-bond acceptors (Lipinski definition) is 3. The molecule has 0 radical (unpaired) electrons. The largest absolute Gasteiger partial charge is 0.472 e. The molecule has 0 saturated carbocycles. The molecule has 0 aromatic rings. The third-order valence-corrected chi connectivity index (χ3v) is 8.53. The molecular formula is C27H57NO4P+. The van der Waals surface area contributed by atoms with Gasteiger partial charge in [0, 0.05) is 0 Å². The van der Waals surface area contributed by atoms with E-state index in [0.717, 1.165) is 43.5 Å². The molecule has 1 aliphatic rings. The lowest BCUT2D eigenvalue weighted by Gasteiger charge is -2.40. The fourth-order valence-corrected chi connectivity index (χ4v) is 5.84. The first-order valence-electron chi connectivity index (χ1n) is 14.5. The van der Waals surface area contributed by atoms with Crippen LogP contribution < -0.4 is 0 Å². The van der Waals surface area contributed by atoms with Gasteiger partial charge in [-0.05, 0) is 32.6 Å². The minimum absolute atomic E-state index is 0.306. The highest BCUT2D eigenvalue weighted by molar-refractivity contribution is 7.47. The normalized spacial score (nSPS) is 17.8. The minimum atomic E-state index is -3.90. The maximum absolute atomic E-state index is 12.1. The van der Waals surface area contributed by atoms with E-state index in [2.05, 4.69) is 13.8 Å². The summed E-state index contributed by atoms with van der Waals surface area (Å²) in [6.07, 6.45) is 24.9. The molecule has 0 aromatic carbocycles. The van der Waals surface area contributed by atoms with Gasteiger partial charge in [-0.15, -0.1) is 0 Å². The average Bonchev–Trinajstić information content (AvgIpc) is 2.81. The van der Waals surface area contributed by atoms with E-state index in [0.29, 0.717) is 13.2 Å². The fourth-order valence-electron chi connectivity index (χ4n) is 5.10. The van der Waals surface area contributed by atoms with E-state index < -0.39 is 7.82 Å². The van der Waals surface area contributed by atoms with Gasteiger partial charge in [-0.3, -0.25) is 9.05 Å². The molecule has 1 unspecified atom stereocenters. The van der Waals surface area contributed by atoms with E-state index in [1.165, 1.54) is 109 Å². The molecule has 33 heavy (non-hydrogen) atoms. The molecule has 198 valence electrons. The summed E-state index contributed by atoms with van der Waals surface area (Å²) in [6, 6.07) is 0. The molecule has 0 aliphatic carbocycles. The van der Waals surface area contributed by atoms with Crippen molar-refractivity contribution in [2.75, 3.05) is 39.4 Å². The van der Waals surface area contributed by atoms with E-state index in [1.807, 2.05) is 0 Å². The molecule has 0 amide bonds. The SMILES string of the molecule is CCCCCCCCCCCCCCCCCCOP(=O)(O)OCC[N+]1(CC)CCCCC1. The Labute approximate surface area is 206 Å². The van der Waals surface area contributed by atoms with Gasteiger partial charge in [-0.25, -0.2) is 4.57 Å². The van der Waals surface area contributed by atoms with Crippen molar-refractivity contribution in [1.82, 2.24) is 0 Å². The molecule has 6 heteroatoms.